The van der Waals surface area contributed by atoms with Crippen molar-refractivity contribution in [2.45, 2.75) is 43.1 Å². The van der Waals surface area contributed by atoms with Crippen LogP contribution in [0.1, 0.15) is 24.8 Å². The number of carbonyl (C=O) groups excluding carboxylic acids is 1. The molecular formula is C15H21NO2S. The monoisotopic (exact) mass is 279 g/mol. The molecule has 104 valence electrons. The molecule has 1 aliphatic rings. The number of carbonyl (C=O) groups is 1. The Hall–Kier alpha value is -1.00. The van der Waals surface area contributed by atoms with Gasteiger partial charge >= 0.3 is 0 Å². The van der Waals surface area contributed by atoms with E-state index in [1.165, 1.54) is 0 Å². The van der Waals surface area contributed by atoms with Crippen LogP contribution in [0.15, 0.2) is 30.3 Å². The van der Waals surface area contributed by atoms with Crippen LogP contribution in [0.4, 0.5) is 0 Å². The van der Waals surface area contributed by atoms with E-state index in [0.29, 0.717) is 6.42 Å². The molecule has 4 heteroatoms. The van der Waals surface area contributed by atoms with Crippen molar-refractivity contribution in [2.75, 3.05) is 7.11 Å². The lowest BCUT2D eigenvalue weighted by Crippen LogP contribution is -2.44. The van der Waals surface area contributed by atoms with Gasteiger partial charge in [-0.05, 0) is 31.2 Å². The minimum absolute atomic E-state index is 0.00105. The van der Waals surface area contributed by atoms with E-state index in [4.69, 9.17) is 4.74 Å². The Labute approximate surface area is 120 Å². The molecule has 0 radical (unpaired) electrons. The van der Waals surface area contributed by atoms with Crippen LogP contribution in [-0.4, -0.2) is 30.4 Å². The maximum absolute atomic E-state index is 12.1. The van der Waals surface area contributed by atoms with Gasteiger partial charge in [-0.25, -0.2) is 0 Å². The second-order valence-electron chi connectivity index (χ2n) is 5.03. The van der Waals surface area contributed by atoms with Crippen molar-refractivity contribution in [2.24, 2.45) is 0 Å². The Morgan fingerprint density at radius 2 is 2.16 bits per heavy atom. The standard InChI is InChI=1S/C15H21NO2S/c1-18-13-9-5-8-12(13)16-15(17)14(19)10-11-6-3-2-4-7-11/h2-4,6-7,12-14,19H,5,8-10H2,1H3,(H,16,17). The van der Waals surface area contributed by atoms with Gasteiger partial charge in [0.25, 0.3) is 0 Å². The number of hydrogen-bond donors (Lipinski definition) is 2. The average molecular weight is 279 g/mol. The Morgan fingerprint density at radius 3 is 2.84 bits per heavy atom. The second-order valence-corrected chi connectivity index (χ2v) is 5.65. The molecule has 1 aromatic carbocycles. The summed E-state index contributed by atoms with van der Waals surface area (Å²) in [6, 6.07) is 10.1. The highest BCUT2D eigenvalue weighted by atomic mass is 32.1. The van der Waals surface area contributed by atoms with Crippen molar-refractivity contribution >= 4 is 18.5 Å². The van der Waals surface area contributed by atoms with Crippen LogP contribution in [0, 0.1) is 0 Å². The highest BCUT2D eigenvalue weighted by Gasteiger charge is 2.29. The molecule has 1 N–H and O–H groups in total. The fourth-order valence-electron chi connectivity index (χ4n) is 2.58. The Bertz CT molecular complexity index is 410. The van der Waals surface area contributed by atoms with Gasteiger partial charge in [-0.3, -0.25) is 4.79 Å². The molecule has 1 fully saturated rings. The van der Waals surface area contributed by atoms with E-state index in [2.05, 4.69) is 17.9 Å². The molecule has 2 rings (SSSR count). The molecule has 0 aliphatic heterocycles. The maximum Gasteiger partial charge on any atom is 0.233 e. The minimum Gasteiger partial charge on any atom is -0.379 e. The first-order valence-corrected chi connectivity index (χ1v) is 7.27. The number of amides is 1. The zero-order chi connectivity index (χ0) is 13.7. The van der Waals surface area contributed by atoms with E-state index in [1.807, 2.05) is 30.3 Å². The summed E-state index contributed by atoms with van der Waals surface area (Å²) < 4.78 is 5.38. The molecule has 1 saturated carbocycles. The number of methoxy groups -OCH3 is 1. The van der Waals surface area contributed by atoms with E-state index < -0.39 is 0 Å². The Morgan fingerprint density at radius 1 is 1.42 bits per heavy atom. The van der Waals surface area contributed by atoms with E-state index >= 15 is 0 Å². The minimum atomic E-state index is -0.305. The van der Waals surface area contributed by atoms with Crippen LogP contribution in [0.5, 0.6) is 0 Å². The summed E-state index contributed by atoms with van der Waals surface area (Å²) in [6.07, 6.45) is 3.94. The van der Waals surface area contributed by atoms with Gasteiger partial charge < -0.3 is 10.1 Å². The molecule has 3 unspecified atom stereocenters. The van der Waals surface area contributed by atoms with Crippen LogP contribution in [0.25, 0.3) is 0 Å². The van der Waals surface area contributed by atoms with Crippen molar-refractivity contribution in [1.82, 2.24) is 5.32 Å². The van der Waals surface area contributed by atoms with Gasteiger partial charge in [0.2, 0.25) is 5.91 Å². The Balaban J connectivity index is 1.85. The predicted molar refractivity (Wildman–Crippen MR) is 79.5 cm³/mol. The van der Waals surface area contributed by atoms with E-state index in [0.717, 1.165) is 24.8 Å². The first-order chi connectivity index (χ1) is 9.20. The Kier molecular flexibility index (Phi) is 5.28. The molecule has 0 spiro atoms. The molecule has 0 aromatic heterocycles. The third-order valence-electron chi connectivity index (χ3n) is 3.66. The predicted octanol–water partition coefficient (Wildman–Crippen LogP) is 2.21. The lowest BCUT2D eigenvalue weighted by Gasteiger charge is -2.21. The number of rotatable bonds is 5. The topological polar surface area (TPSA) is 38.3 Å². The van der Waals surface area contributed by atoms with Crippen molar-refractivity contribution in [1.29, 1.82) is 0 Å². The molecule has 0 saturated heterocycles. The summed E-state index contributed by atoms with van der Waals surface area (Å²) in [4.78, 5) is 12.1. The van der Waals surface area contributed by atoms with Gasteiger partial charge in [0, 0.05) is 7.11 Å². The summed E-state index contributed by atoms with van der Waals surface area (Å²) in [6.45, 7) is 0. The largest absolute Gasteiger partial charge is 0.379 e. The highest BCUT2D eigenvalue weighted by Crippen LogP contribution is 2.22. The second kappa shape index (κ2) is 6.96. The van der Waals surface area contributed by atoms with Gasteiger partial charge in [-0.15, -0.1) is 0 Å². The van der Waals surface area contributed by atoms with Gasteiger partial charge in [0.15, 0.2) is 0 Å². The van der Waals surface area contributed by atoms with Crippen LogP contribution in [0.2, 0.25) is 0 Å². The van der Waals surface area contributed by atoms with Crippen molar-refractivity contribution in [3.05, 3.63) is 35.9 Å². The molecule has 0 heterocycles. The third kappa shape index (κ3) is 3.98. The fourth-order valence-corrected chi connectivity index (χ4v) is 2.87. The van der Waals surface area contributed by atoms with Gasteiger partial charge in [-0.1, -0.05) is 30.3 Å². The molecule has 1 amide bonds. The van der Waals surface area contributed by atoms with Gasteiger partial charge in [0.1, 0.15) is 0 Å². The highest BCUT2D eigenvalue weighted by molar-refractivity contribution is 7.81. The molecule has 1 aromatic rings. The van der Waals surface area contributed by atoms with Crippen LogP contribution in [0.3, 0.4) is 0 Å². The molecule has 3 atom stereocenters. The number of ether oxygens (including phenoxy) is 1. The fraction of sp³-hybridized carbons (Fsp3) is 0.533. The zero-order valence-electron chi connectivity index (χ0n) is 11.2. The van der Waals surface area contributed by atoms with Crippen molar-refractivity contribution in [3.63, 3.8) is 0 Å². The van der Waals surface area contributed by atoms with E-state index in [9.17, 15) is 4.79 Å². The third-order valence-corrected chi connectivity index (χ3v) is 4.07. The zero-order valence-corrected chi connectivity index (χ0v) is 12.1. The lowest BCUT2D eigenvalue weighted by atomic mass is 10.1. The molecule has 3 nitrogen and oxygen atoms in total. The summed E-state index contributed by atoms with van der Waals surface area (Å²) >= 11 is 4.42. The smallest absolute Gasteiger partial charge is 0.233 e. The number of nitrogens with one attached hydrogen (secondary N) is 1. The molecule has 19 heavy (non-hydrogen) atoms. The van der Waals surface area contributed by atoms with Crippen LogP contribution < -0.4 is 5.32 Å². The van der Waals surface area contributed by atoms with Gasteiger partial charge in [0.05, 0.1) is 17.4 Å². The first kappa shape index (κ1) is 14.4. The average Bonchev–Trinajstić information content (AvgIpc) is 2.87. The normalized spacial score (nSPS) is 24.1. The number of hydrogen-bond acceptors (Lipinski definition) is 3. The quantitative estimate of drug-likeness (QED) is 0.811. The van der Waals surface area contributed by atoms with Crippen molar-refractivity contribution < 1.29 is 9.53 Å². The van der Waals surface area contributed by atoms with Crippen LogP contribution in [-0.2, 0) is 16.0 Å². The van der Waals surface area contributed by atoms with Crippen molar-refractivity contribution in [3.8, 4) is 0 Å². The van der Waals surface area contributed by atoms with Crippen LogP contribution >= 0.6 is 12.6 Å². The molecule has 1 aliphatic carbocycles. The lowest BCUT2D eigenvalue weighted by molar-refractivity contribution is -0.122. The van der Waals surface area contributed by atoms with E-state index in [-0.39, 0.29) is 23.3 Å². The summed E-state index contributed by atoms with van der Waals surface area (Å²) in [5.74, 6) is 0.00105. The first-order valence-electron chi connectivity index (χ1n) is 6.76. The maximum atomic E-state index is 12.1. The summed E-state index contributed by atoms with van der Waals surface area (Å²) in [5.41, 5.74) is 1.13. The summed E-state index contributed by atoms with van der Waals surface area (Å²) in [5, 5.41) is 2.75. The number of benzene rings is 1. The van der Waals surface area contributed by atoms with Gasteiger partial charge in [-0.2, -0.15) is 12.6 Å². The summed E-state index contributed by atoms with van der Waals surface area (Å²) in [7, 11) is 1.71. The number of thiol groups is 1. The molecular weight excluding hydrogens is 258 g/mol. The van der Waals surface area contributed by atoms with E-state index in [1.54, 1.807) is 7.11 Å². The SMILES string of the molecule is COC1CCCC1NC(=O)C(S)Cc1ccccc1. The molecule has 0 bridgehead atoms.